The van der Waals surface area contributed by atoms with Crippen molar-refractivity contribution in [3.63, 3.8) is 0 Å². The van der Waals surface area contributed by atoms with Gasteiger partial charge in [-0.3, -0.25) is 4.79 Å². The van der Waals surface area contributed by atoms with Gasteiger partial charge in [0.1, 0.15) is 0 Å². The molecule has 1 aromatic rings. The molecule has 13 heavy (non-hydrogen) atoms. The molecule has 0 unspecified atom stereocenters. The number of hydrogen-bond donors (Lipinski definition) is 0. The molecule has 0 N–H and O–H groups in total. The van der Waals surface area contributed by atoms with Gasteiger partial charge in [-0.2, -0.15) is 0 Å². The Hall–Kier alpha value is -0.540. The van der Waals surface area contributed by atoms with Crippen LogP contribution in [0.1, 0.15) is 10.4 Å². The molecule has 0 radical (unpaired) electrons. The Labute approximate surface area is 89.6 Å². The van der Waals surface area contributed by atoms with Crippen LogP contribution < -0.4 is 0 Å². The average molecular weight is 261 g/mol. The summed E-state index contributed by atoms with van der Waals surface area (Å²) in [6, 6.07) is 5.30. The third-order valence-corrected chi connectivity index (χ3v) is 2.72. The summed E-state index contributed by atoms with van der Waals surface area (Å²) in [6.45, 7) is 1.70. The number of hydrogen-bond acceptors (Lipinski definition) is 1. The molecule has 0 atom stereocenters. The molecular weight excluding hydrogens is 253 g/mol. The van der Waals surface area contributed by atoms with Crippen molar-refractivity contribution < 1.29 is 4.79 Å². The lowest BCUT2D eigenvalue weighted by atomic mass is 10.2. The Kier molecular flexibility index (Phi) is 2.30. The first-order valence-electron chi connectivity index (χ1n) is 3.93. The van der Waals surface area contributed by atoms with E-state index in [0.717, 1.165) is 17.6 Å². The first kappa shape index (κ1) is 9.03. The molecule has 0 bridgehead atoms. The van der Waals surface area contributed by atoms with Crippen molar-refractivity contribution in [1.82, 2.24) is 4.90 Å². The maximum Gasteiger partial charge on any atom is 0.255 e. The molecule has 1 heterocycles. The lowest BCUT2D eigenvalue weighted by molar-refractivity contribution is 0.0885. The molecule has 1 saturated heterocycles. The van der Waals surface area contributed by atoms with Gasteiger partial charge in [0, 0.05) is 17.6 Å². The summed E-state index contributed by atoms with van der Waals surface area (Å²) in [4.78, 5) is 13.3. The number of benzene rings is 1. The van der Waals surface area contributed by atoms with Crippen LogP contribution in [0.15, 0.2) is 22.7 Å². The Morgan fingerprint density at radius 3 is 2.77 bits per heavy atom. The van der Waals surface area contributed by atoms with E-state index in [-0.39, 0.29) is 5.91 Å². The summed E-state index contributed by atoms with van der Waals surface area (Å²) >= 11 is 9.20. The molecule has 0 saturated carbocycles. The molecule has 0 spiro atoms. The van der Waals surface area contributed by atoms with Crippen molar-refractivity contribution in [3.05, 3.63) is 33.3 Å². The van der Waals surface area contributed by atoms with Gasteiger partial charge in [-0.05, 0) is 18.2 Å². The normalized spacial score (nSPS) is 14.5. The van der Waals surface area contributed by atoms with Crippen LogP contribution in [-0.4, -0.2) is 23.9 Å². The summed E-state index contributed by atoms with van der Waals surface area (Å²) in [5.41, 5.74) is 0.577. The second-order valence-electron chi connectivity index (χ2n) is 2.92. The maximum absolute atomic E-state index is 11.6. The number of halogens is 2. The van der Waals surface area contributed by atoms with E-state index in [1.165, 1.54) is 0 Å². The number of nitrogens with zero attached hydrogens (tertiary/aromatic N) is 1. The monoisotopic (exact) mass is 259 g/mol. The van der Waals surface area contributed by atoms with E-state index < -0.39 is 0 Å². The minimum absolute atomic E-state index is 0.0197. The molecule has 2 nitrogen and oxygen atoms in total. The van der Waals surface area contributed by atoms with Crippen LogP contribution in [0.25, 0.3) is 0 Å². The Morgan fingerprint density at radius 2 is 2.15 bits per heavy atom. The molecule has 68 valence electrons. The second-order valence-corrected chi connectivity index (χ2v) is 4.24. The van der Waals surface area contributed by atoms with Crippen LogP contribution >= 0.6 is 27.5 Å². The number of carbonyl (C=O) groups excluding carboxylic acids is 1. The van der Waals surface area contributed by atoms with Crippen molar-refractivity contribution in [2.75, 3.05) is 13.1 Å². The zero-order valence-corrected chi connectivity index (χ0v) is 9.10. The van der Waals surface area contributed by atoms with Gasteiger partial charge in [-0.1, -0.05) is 27.5 Å². The molecule has 1 aliphatic rings. The summed E-state index contributed by atoms with van der Waals surface area (Å²) < 4.78 is 0.877. The van der Waals surface area contributed by atoms with Gasteiger partial charge in [0.2, 0.25) is 0 Å². The smallest absolute Gasteiger partial charge is 0.255 e. The summed E-state index contributed by atoms with van der Waals surface area (Å²) in [5.74, 6) is 0.0197. The van der Waals surface area contributed by atoms with Gasteiger partial charge in [-0.15, -0.1) is 0 Å². The molecule has 4 heteroatoms. The van der Waals surface area contributed by atoms with E-state index in [0.29, 0.717) is 10.6 Å². The highest BCUT2D eigenvalue weighted by molar-refractivity contribution is 9.10. The van der Waals surface area contributed by atoms with Gasteiger partial charge >= 0.3 is 0 Å². The van der Waals surface area contributed by atoms with Crippen molar-refractivity contribution in [2.45, 2.75) is 0 Å². The van der Waals surface area contributed by atoms with Gasteiger partial charge < -0.3 is 4.90 Å². The van der Waals surface area contributed by atoms with Crippen molar-refractivity contribution in [3.8, 4) is 0 Å². The first-order chi connectivity index (χ1) is 6.18. The van der Waals surface area contributed by atoms with Crippen LogP contribution in [0.2, 0.25) is 5.02 Å². The van der Waals surface area contributed by atoms with Gasteiger partial charge in [0.15, 0.2) is 0 Å². The highest BCUT2D eigenvalue weighted by atomic mass is 79.9. The predicted molar refractivity (Wildman–Crippen MR) is 55.1 cm³/mol. The number of rotatable bonds is 1. The molecule has 1 fully saturated rings. The van der Waals surface area contributed by atoms with Crippen molar-refractivity contribution in [2.24, 2.45) is 0 Å². The fourth-order valence-electron chi connectivity index (χ4n) is 1.08. The molecule has 1 aromatic carbocycles. The fourth-order valence-corrected chi connectivity index (χ4v) is 1.64. The summed E-state index contributed by atoms with van der Waals surface area (Å²) in [7, 11) is 0. The topological polar surface area (TPSA) is 20.1 Å². The molecule has 1 amide bonds. The Balaban J connectivity index is 2.37. The number of amides is 1. The highest BCUT2D eigenvalue weighted by Crippen LogP contribution is 2.24. The van der Waals surface area contributed by atoms with Gasteiger partial charge in [0.05, 0.1) is 10.6 Å². The Morgan fingerprint density at radius 1 is 1.46 bits per heavy atom. The average Bonchev–Trinajstić information content (AvgIpc) is 2.91. The molecule has 2 rings (SSSR count). The van der Waals surface area contributed by atoms with Crippen LogP contribution in [0.4, 0.5) is 0 Å². The van der Waals surface area contributed by atoms with E-state index in [1.807, 2.05) is 6.07 Å². The molecular formula is C9H7BrClNO. The van der Waals surface area contributed by atoms with Crippen LogP contribution in [-0.2, 0) is 0 Å². The van der Waals surface area contributed by atoms with Crippen molar-refractivity contribution >= 4 is 33.4 Å². The summed E-state index contributed by atoms with van der Waals surface area (Å²) in [6.07, 6.45) is 0. The highest BCUT2D eigenvalue weighted by Gasteiger charge is 2.26. The zero-order chi connectivity index (χ0) is 9.42. The third-order valence-electron chi connectivity index (χ3n) is 1.89. The molecule has 0 aromatic heterocycles. The predicted octanol–water partition coefficient (Wildman–Crippen LogP) is 2.56. The standard InChI is InChI=1S/C9H7BrClNO/c10-6-1-2-8(11)7(5-6)9(13)12-3-4-12/h1-2,5H,3-4H2. The minimum atomic E-state index is 0.0197. The van der Waals surface area contributed by atoms with Crippen molar-refractivity contribution in [1.29, 1.82) is 0 Å². The first-order valence-corrected chi connectivity index (χ1v) is 5.10. The lowest BCUT2D eigenvalue weighted by Crippen LogP contribution is -2.10. The molecule has 0 aliphatic carbocycles. The number of carbonyl (C=O) groups is 1. The van der Waals surface area contributed by atoms with Gasteiger partial charge in [-0.25, -0.2) is 0 Å². The lowest BCUT2D eigenvalue weighted by Gasteiger charge is -2.04. The zero-order valence-electron chi connectivity index (χ0n) is 6.76. The van der Waals surface area contributed by atoms with Crippen LogP contribution in [0.5, 0.6) is 0 Å². The SMILES string of the molecule is O=C(c1cc(Br)ccc1Cl)N1CC1. The van der Waals surface area contributed by atoms with E-state index in [9.17, 15) is 4.79 Å². The van der Waals surface area contributed by atoms with E-state index in [4.69, 9.17) is 11.6 Å². The third kappa shape index (κ3) is 1.86. The van der Waals surface area contributed by atoms with E-state index >= 15 is 0 Å². The Bertz CT molecular complexity index is 363. The van der Waals surface area contributed by atoms with Crippen LogP contribution in [0.3, 0.4) is 0 Å². The molecule has 1 aliphatic heterocycles. The van der Waals surface area contributed by atoms with Crippen LogP contribution in [0, 0.1) is 0 Å². The van der Waals surface area contributed by atoms with E-state index in [1.54, 1.807) is 17.0 Å². The minimum Gasteiger partial charge on any atom is -0.335 e. The maximum atomic E-state index is 11.6. The quantitative estimate of drug-likeness (QED) is 0.711. The summed E-state index contributed by atoms with van der Waals surface area (Å²) in [5, 5.41) is 0.514. The van der Waals surface area contributed by atoms with Gasteiger partial charge in [0.25, 0.3) is 5.91 Å². The van der Waals surface area contributed by atoms with E-state index in [2.05, 4.69) is 15.9 Å². The largest absolute Gasteiger partial charge is 0.335 e. The fraction of sp³-hybridized carbons (Fsp3) is 0.222. The second kappa shape index (κ2) is 3.31.